The van der Waals surface area contributed by atoms with E-state index in [1.807, 2.05) is 63.2 Å². The molecule has 28 heavy (non-hydrogen) atoms. The van der Waals surface area contributed by atoms with Crippen molar-refractivity contribution >= 4 is 17.5 Å². The molecule has 4 heteroatoms. The maximum atomic E-state index is 12.8. The Balaban J connectivity index is 1.77. The summed E-state index contributed by atoms with van der Waals surface area (Å²) >= 11 is 0. The second kappa shape index (κ2) is 8.53. The fraction of sp³-hybridized carbons (Fsp3) is 0.167. The minimum Gasteiger partial charge on any atom is -0.345 e. The third kappa shape index (κ3) is 4.46. The number of hydrogen-bond acceptors (Lipinski definition) is 2. The summed E-state index contributed by atoms with van der Waals surface area (Å²) in [5.74, 6) is -0.466. The number of nitrogens with one attached hydrogen (secondary N) is 2. The van der Waals surface area contributed by atoms with Gasteiger partial charge in [-0.2, -0.15) is 0 Å². The van der Waals surface area contributed by atoms with Crippen LogP contribution in [0.3, 0.4) is 0 Å². The van der Waals surface area contributed by atoms with Crippen LogP contribution in [0.4, 0.5) is 5.69 Å². The van der Waals surface area contributed by atoms with E-state index in [2.05, 4.69) is 10.6 Å². The molecule has 4 nitrogen and oxygen atoms in total. The number of para-hydroxylation sites is 1. The lowest BCUT2D eigenvalue weighted by Crippen LogP contribution is -2.28. The van der Waals surface area contributed by atoms with Gasteiger partial charge in [-0.3, -0.25) is 9.59 Å². The minimum absolute atomic E-state index is 0.141. The molecule has 0 fully saturated rings. The van der Waals surface area contributed by atoms with E-state index >= 15 is 0 Å². The smallest absolute Gasteiger partial charge is 0.255 e. The van der Waals surface area contributed by atoms with Crippen molar-refractivity contribution in [2.75, 3.05) is 5.32 Å². The molecule has 0 saturated carbocycles. The Morgan fingerprint density at radius 2 is 1.46 bits per heavy atom. The Hall–Kier alpha value is -3.40. The van der Waals surface area contributed by atoms with E-state index in [4.69, 9.17) is 0 Å². The third-order valence-electron chi connectivity index (χ3n) is 4.84. The van der Waals surface area contributed by atoms with Gasteiger partial charge in [-0.15, -0.1) is 0 Å². The largest absolute Gasteiger partial charge is 0.345 e. The van der Waals surface area contributed by atoms with Crippen LogP contribution in [0.1, 0.15) is 50.4 Å². The molecule has 0 bridgehead atoms. The van der Waals surface area contributed by atoms with Crippen LogP contribution in [0.5, 0.6) is 0 Å². The molecular formula is C24H24N2O2. The lowest BCUT2D eigenvalue weighted by Gasteiger charge is -2.16. The van der Waals surface area contributed by atoms with Gasteiger partial charge in [0.25, 0.3) is 11.8 Å². The Labute approximate surface area is 165 Å². The molecular weight excluding hydrogens is 348 g/mol. The second-order valence-corrected chi connectivity index (χ2v) is 6.90. The molecule has 0 heterocycles. The van der Waals surface area contributed by atoms with Crippen molar-refractivity contribution in [3.63, 3.8) is 0 Å². The maximum Gasteiger partial charge on any atom is 0.255 e. The van der Waals surface area contributed by atoms with Crippen LogP contribution in [0.15, 0.2) is 72.8 Å². The summed E-state index contributed by atoms with van der Waals surface area (Å²) in [5, 5.41) is 5.86. The van der Waals surface area contributed by atoms with Gasteiger partial charge in [-0.05, 0) is 61.7 Å². The molecule has 0 aromatic heterocycles. The summed E-state index contributed by atoms with van der Waals surface area (Å²) in [6, 6.07) is 22.2. The van der Waals surface area contributed by atoms with E-state index in [9.17, 15) is 9.59 Å². The molecule has 0 aliphatic carbocycles. The highest BCUT2D eigenvalue weighted by Gasteiger charge is 2.16. The van der Waals surface area contributed by atoms with Gasteiger partial charge in [0, 0.05) is 5.56 Å². The summed E-state index contributed by atoms with van der Waals surface area (Å²) in [6.07, 6.45) is 0. The number of amides is 2. The Bertz CT molecular complexity index is 996. The van der Waals surface area contributed by atoms with Crippen molar-refractivity contribution in [2.45, 2.75) is 26.8 Å². The second-order valence-electron chi connectivity index (χ2n) is 6.90. The van der Waals surface area contributed by atoms with Gasteiger partial charge in [0.1, 0.15) is 0 Å². The minimum atomic E-state index is -0.237. The van der Waals surface area contributed by atoms with Gasteiger partial charge >= 0.3 is 0 Å². The third-order valence-corrected chi connectivity index (χ3v) is 4.84. The lowest BCUT2D eigenvalue weighted by molar-refractivity contribution is 0.0941. The number of anilines is 1. The van der Waals surface area contributed by atoms with Crippen molar-refractivity contribution in [3.05, 3.63) is 101 Å². The quantitative estimate of drug-likeness (QED) is 0.659. The number of aryl methyl sites for hydroxylation is 2. The van der Waals surface area contributed by atoms with Crippen molar-refractivity contribution in [1.29, 1.82) is 0 Å². The molecule has 1 atom stereocenters. The van der Waals surface area contributed by atoms with Crippen LogP contribution in [-0.2, 0) is 0 Å². The Kier molecular flexibility index (Phi) is 5.90. The zero-order chi connectivity index (χ0) is 20.1. The first-order chi connectivity index (χ1) is 13.5. The van der Waals surface area contributed by atoms with Crippen molar-refractivity contribution in [3.8, 4) is 0 Å². The van der Waals surface area contributed by atoms with Crippen LogP contribution in [0.2, 0.25) is 0 Å². The van der Waals surface area contributed by atoms with E-state index in [0.29, 0.717) is 16.8 Å². The first kappa shape index (κ1) is 19.4. The van der Waals surface area contributed by atoms with Crippen LogP contribution in [0.25, 0.3) is 0 Å². The summed E-state index contributed by atoms with van der Waals surface area (Å²) in [6.45, 7) is 5.91. The Morgan fingerprint density at radius 3 is 2.18 bits per heavy atom. The predicted molar refractivity (Wildman–Crippen MR) is 113 cm³/mol. The Morgan fingerprint density at radius 1 is 0.786 bits per heavy atom. The summed E-state index contributed by atoms with van der Waals surface area (Å²) < 4.78 is 0. The molecule has 2 amide bonds. The van der Waals surface area contributed by atoms with E-state index in [1.165, 1.54) is 0 Å². The predicted octanol–water partition coefficient (Wildman–Crippen LogP) is 5.05. The summed E-state index contributed by atoms with van der Waals surface area (Å²) in [5.41, 5.74) is 4.69. The number of hydrogen-bond donors (Lipinski definition) is 2. The van der Waals surface area contributed by atoms with Gasteiger partial charge in [0.2, 0.25) is 0 Å². The number of benzene rings is 3. The first-order valence-corrected chi connectivity index (χ1v) is 9.29. The number of carbonyl (C=O) groups excluding carboxylic acids is 2. The molecule has 0 saturated heterocycles. The van der Waals surface area contributed by atoms with Gasteiger partial charge in [0.15, 0.2) is 0 Å². The standard InChI is InChI=1S/C24H24N2O2/c1-16-13-14-20(15-17(16)2)23(27)26-22-12-8-7-11-21(22)24(28)25-18(3)19-9-5-4-6-10-19/h4-15,18H,1-3H3,(H,25,28)(H,26,27). The van der Waals surface area contributed by atoms with Crippen LogP contribution in [-0.4, -0.2) is 11.8 Å². The van der Waals surface area contributed by atoms with Crippen LogP contribution >= 0.6 is 0 Å². The fourth-order valence-corrected chi connectivity index (χ4v) is 2.97. The van der Waals surface area contributed by atoms with E-state index < -0.39 is 0 Å². The monoisotopic (exact) mass is 372 g/mol. The highest BCUT2D eigenvalue weighted by atomic mass is 16.2. The molecule has 3 aromatic rings. The van der Waals surface area contributed by atoms with Gasteiger partial charge in [-0.25, -0.2) is 0 Å². The average molecular weight is 372 g/mol. The van der Waals surface area contributed by atoms with Crippen molar-refractivity contribution in [1.82, 2.24) is 5.32 Å². The zero-order valence-corrected chi connectivity index (χ0v) is 16.3. The highest BCUT2D eigenvalue weighted by molar-refractivity contribution is 6.09. The molecule has 2 N–H and O–H groups in total. The van der Waals surface area contributed by atoms with Gasteiger partial charge in [0.05, 0.1) is 17.3 Å². The van der Waals surface area contributed by atoms with Crippen molar-refractivity contribution in [2.24, 2.45) is 0 Å². The maximum absolute atomic E-state index is 12.8. The van der Waals surface area contributed by atoms with E-state index in [-0.39, 0.29) is 17.9 Å². The van der Waals surface area contributed by atoms with Crippen LogP contribution < -0.4 is 10.6 Å². The van der Waals surface area contributed by atoms with Crippen LogP contribution in [0, 0.1) is 13.8 Å². The molecule has 0 aliphatic rings. The molecule has 3 rings (SSSR count). The summed E-state index contributed by atoms with van der Waals surface area (Å²) in [7, 11) is 0. The number of carbonyl (C=O) groups is 2. The van der Waals surface area contributed by atoms with Crippen molar-refractivity contribution < 1.29 is 9.59 Å². The zero-order valence-electron chi connectivity index (χ0n) is 16.3. The average Bonchev–Trinajstić information content (AvgIpc) is 2.71. The lowest BCUT2D eigenvalue weighted by atomic mass is 10.1. The molecule has 142 valence electrons. The topological polar surface area (TPSA) is 58.2 Å². The fourth-order valence-electron chi connectivity index (χ4n) is 2.97. The molecule has 0 aliphatic heterocycles. The van der Waals surface area contributed by atoms with E-state index in [1.54, 1.807) is 30.3 Å². The normalized spacial score (nSPS) is 11.5. The molecule has 3 aromatic carbocycles. The summed E-state index contributed by atoms with van der Waals surface area (Å²) in [4.78, 5) is 25.5. The first-order valence-electron chi connectivity index (χ1n) is 9.29. The highest BCUT2D eigenvalue weighted by Crippen LogP contribution is 2.19. The molecule has 0 radical (unpaired) electrons. The van der Waals surface area contributed by atoms with E-state index in [0.717, 1.165) is 16.7 Å². The van der Waals surface area contributed by atoms with Gasteiger partial charge in [-0.1, -0.05) is 48.5 Å². The SMILES string of the molecule is Cc1ccc(C(=O)Nc2ccccc2C(=O)NC(C)c2ccccc2)cc1C. The molecule has 1 unspecified atom stereocenters. The molecule has 0 spiro atoms. The number of rotatable bonds is 5. The van der Waals surface area contributed by atoms with Gasteiger partial charge < -0.3 is 10.6 Å².